The molecule has 0 fully saturated rings. The Hall–Kier alpha value is -1.66. The van der Waals surface area contributed by atoms with E-state index in [0.29, 0.717) is 0 Å². The van der Waals surface area contributed by atoms with Crippen molar-refractivity contribution >= 4 is 17.7 Å². The molecule has 1 aromatic heterocycles. The van der Waals surface area contributed by atoms with E-state index in [4.69, 9.17) is 5.84 Å². The fourth-order valence-electron chi connectivity index (χ4n) is 1.63. The SMILES string of the molecule is CC(C)(C)c1ccc(Sc2nc(NN)ncc2F)cc1. The number of nitrogens with zero attached hydrogens (tertiary/aromatic N) is 2. The lowest BCUT2D eigenvalue weighted by Gasteiger charge is -2.19. The van der Waals surface area contributed by atoms with Crippen LogP contribution in [0, 0.1) is 5.82 Å². The van der Waals surface area contributed by atoms with Gasteiger partial charge in [0.05, 0.1) is 6.20 Å². The Labute approximate surface area is 122 Å². The molecule has 1 heterocycles. The molecule has 4 nitrogen and oxygen atoms in total. The van der Waals surface area contributed by atoms with Gasteiger partial charge in [-0.25, -0.2) is 20.2 Å². The number of nitrogen functional groups attached to an aromatic ring is 1. The van der Waals surface area contributed by atoms with Crippen molar-refractivity contribution in [2.24, 2.45) is 5.84 Å². The van der Waals surface area contributed by atoms with Gasteiger partial charge in [-0.2, -0.15) is 0 Å². The van der Waals surface area contributed by atoms with Crippen LogP contribution >= 0.6 is 11.8 Å². The van der Waals surface area contributed by atoms with Gasteiger partial charge in [-0.05, 0) is 23.1 Å². The third kappa shape index (κ3) is 3.46. The molecular weight excluding hydrogens is 275 g/mol. The molecule has 3 N–H and O–H groups in total. The number of hydrazine groups is 1. The zero-order chi connectivity index (χ0) is 14.8. The number of nitrogens with one attached hydrogen (secondary N) is 1. The minimum Gasteiger partial charge on any atom is -0.292 e. The predicted molar refractivity (Wildman–Crippen MR) is 79.1 cm³/mol. The average molecular weight is 292 g/mol. The zero-order valence-electron chi connectivity index (χ0n) is 11.6. The molecule has 0 amide bonds. The second-order valence-corrected chi connectivity index (χ2v) is 6.43. The normalized spacial score (nSPS) is 11.4. The van der Waals surface area contributed by atoms with E-state index >= 15 is 0 Å². The van der Waals surface area contributed by atoms with Gasteiger partial charge in [-0.3, -0.25) is 5.43 Å². The molecule has 0 aliphatic carbocycles. The summed E-state index contributed by atoms with van der Waals surface area (Å²) in [6.45, 7) is 6.45. The Bertz CT molecular complexity index is 593. The molecule has 0 aliphatic rings. The molecule has 2 aromatic rings. The molecular formula is C14H17FN4S. The first-order valence-corrected chi connectivity index (χ1v) is 6.99. The highest BCUT2D eigenvalue weighted by Gasteiger charge is 2.14. The van der Waals surface area contributed by atoms with Gasteiger partial charge in [-0.15, -0.1) is 0 Å². The Balaban J connectivity index is 2.22. The number of benzene rings is 1. The van der Waals surface area contributed by atoms with Crippen molar-refractivity contribution in [1.82, 2.24) is 9.97 Å². The average Bonchev–Trinajstić information content (AvgIpc) is 2.41. The van der Waals surface area contributed by atoms with Crippen LogP contribution in [0.4, 0.5) is 10.3 Å². The van der Waals surface area contributed by atoms with Crippen molar-refractivity contribution < 1.29 is 4.39 Å². The van der Waals surface area contributed by atoms with E-state index in [1.54, 1.807) is 0 Å². The second kappa shape index (κ2) is 5.76. The number of hydrogen-bond donors (Lipinski definition) is 2. The number of rotatable bonds is 3. The van der Waals surface area contributed by atoms with E-state index in [9.17, 15) is 4.39 Å². The summed E-state index contributed by atoms with van der Waals surface area (Å²) in [5.41, 5.74) is 3.64. The van der Waals surface area contributed by atoms with E-state index in [1.165, 1.54) is 17.3 Å². The summed E-state index contributed by atoms with van der Waals surface area (Å²) < 4.78 is 13.6. The van der Waals surface area contributed by atoms with Gasteiger partial charge >= 0.3 is 0 Å². The molecule has 0 aliphatic heterocycles. The Morgan fingerprint density at radius 2 is 1.85 bits per heavy atom. The van der Waals surface area contributed by atoms with Gasteiger partial charge < -0.3 is 0 Å². The maximum atomic E-state index is 13.6. The lowest BCUT2D eigenvalue weighted by atomic mass is 9.87. The van der Waals surface area contributed by atoms with Gasteiger partial charge in [0.25, 0.3) is 0 Å². The first-order valence-electron chi connectivity index (χ1n) is 6.17. The van der Waals surface area contributed by atoms with Gasteiger partial charge in [0.15, 0.2) is 5.82 Å². The zero-order valence-corrected chi connectivity index (χ0v) is 12.5. The van der Waals surface area contributed by atoms with Crippen molar-refractivity contribution in [2.45, 2.75) is 36.1 Å². The molecule has 2 rings (SSSR count). The minimum absolute atomic E-state index is 0.0972. The summed E-state index contributed by atoms with van der Waals surface area (Å²) in [4.78, 5) is 8.62. The summed E-state index contributed by atoms with van der Waals surface area (Å²) in [6.07, 6.45) is 1.11. The van der Waals surface area contributed by atoms with E-state index < -0.39 is 5.82 Å². The van der Waals surface area contributed by atoms with Crippen LogP contribution in [0.25, 0.3) is 0 Å². The predicted octanol–water partition coefficient (Wildman–Crippen LogP) is 3.35. The van der Waals surface area contributed by atoms with Crippen LogP contribution < -0.4 is 11.3 Å². The van der Waals surface area contributed by atoms with E-state index in [0.717, 1.165) is 11.1 Å². The summed E-state index contributed by atoms with van der Waals surface area (Å²) in [5.74, 6) is 4.95. The number of anilines is 1. The molecule has 0 spiro atoms. The third-order valence-corrected chi connectivity index (χ3v) is 3.76. The van der Waals surface area contributed by atoms with Crippen molar-refractivity contribution in [3.8, 4) is 0 Å². The summed E-state index contributed by atoms with van der Waals surface area (Å²) in [6, 6.07) is 8.01. The van der Waals surface area contributed by atoms with Crippen molar-refractivity contribution in [1.29, 1.82) is 0 Å². The molecule has 1 aromatic carbocycles. The molecule has 106 valence electrons. The number of halogens is 1. The topological polar surface area (TPSA) is 63.8 Å². The van der Waals surface area contributed by atoms with Crippen LogP contribution in [-0.2, 0) is 5.41 Å². The second-order valence-electron chi connectivity index (χ2n) is 5.37. The molecule has 0 unspecified atom stereocenters. The highest BCUT2D eigenvalue weighted by atomic mass is 32.2. The first-order chi connectivity index (χ1) is 9.40. The van der Waals surface area contributed by atoms with E-state index in [1.807, 2.05) is 24.3 Å². The van der Waals surface area contributed by atoms with Gasteiger partial charge in [0.1, 0.15) is 5.03 Å². The van der Waals surface area contributed by atoms with Crippen molar-refractivity contribution in [3.63, 3.8) is 0 Å². The van der Waals surface area contributed by atoms with Gasteiger partial charge in [-0.1, -0.05) is 44.7 Å². The smallest absolute Gasteiger partial charge is 0.238 e. The summed E-state index contributed by atoms with van der Waals surface area (Å²) in [7, 11) is 0. The minimum atomic E-state index is -0.464. The number of hydrogen-bond acceptors (Lipinski definition) is 5. The first kappa shape index (κ1) is 14.7. The monoisotopic (exact) mass is 292 g/mol. The fourth-order valence-corrected chi connectivity index (χ4v) is 2.40. The molecule has 0 saturated carbocycles. The Morgan fingerprint density at radius 1 is 1.20 bits per heavy atom. The Morgan fingerprint density at radius 3 is 2.40 bits per heavy atom. The molecule has 0 radical (unpaired) electrons. The van der Waals surface area contributed by atoms with Crippen molar-refractivity contribution in [3.05, 3.63) is 41.8 Å². The van der Waals surface area contributed by atoms with Gasteiger partial charge in [0.2, 0.25) is 5.95 Å². The Kier molecular flexibility index (Phi) is 4.25. The van der Waals surface area contributed by atoms with Crippen LogP contribution in [0.2, 0.25) is 0 Å². The molecule has 0 bridgehead atoms. The molecule has 6 heteroatoms. The number of aromatic nitrogens is 2. The standard InChI is InChI=1S/C14H17FN4S/c1-14(2,3)9-4-6-10(7-5-9)20-12-11(15)8-17-13(18-12)19-16/h4-8H,16H2,1-3H3,(H,17,18,19). The summed E-state index contributed by atoms with van der Waals surface area (Å²) >= 11 is 1.24. The van der Waals surface area contributed by atoms with Crippen LogP contribution in [0.1, 0.15) is 26.3 Å². The van der Waals surface area contributed by atoms with Crippen LogP contribution in [0.15, 0.2) is 40.4 Å². The van der Waals surface area contributed by atoms with Crippen LogP contribution in [-0.4, -0.2) is 9.97 Å². The van der Waals surface area contributed by atoms with Crippen molar-refractivity contribution in [2.75, 3.05) is 5.43 Å². The summed E-state index contributed by atoms with van der Waals surface area (Å²) in [5, 5.41) is 0.247. The maximum Gasteiger partial charge on any atom is 0.238 e. The molecule has 20 heavy (non-hydrogen) atoms. The van der Waals surface area contributed by atoms with E-state index in [2.05, 4.69) is 36.2 Å². The fraction of sp³-hybridized carbons (Fsp3) is 0.286. The van der Waals surface area contributed by atoms with Crippen LogP contribution in [0.3, 0.4) is 0 Å². The largest absolute Gasteiger partial charge is 0.292 e. The maximum absolute atomic E-state index is 13.6. The lowest BCUT2D eigenvalue weighted by molar-refractivity contribution is 0.580. The quantitative estimate of drug-likeness (QED) is 0.516. The van der Waals surface area contributed by atoms with E-state index in [-0.39, 0.29) is 16.4 Å². The van der Waals surface area contributed by atoms with Gasteiger partial charge in [0, 0.05) is 4.90 Å². The third-order valence-electron chi connectivity index (χ3n) is 2.78. The molecule has 0 atom stereocenters. The molecule has 0 saturated heterocycles. The van der Waals surface area contributed by atoms with Crippen LogP contribution in [0.5, 0.6) is 0 Å². The number of nitrogens with two attached hydrogens (primary N) is 1. The highest BCUT2D eigenvalue weighted by Crippen LogP contribution is 2.30. The highest BCUT2D eigenvalue weighted by molar-refractivity contribution is 7.99. The lowest BCUT2D eigenvalue weighted by Crippen LogP contribution is -2.11.